The molecule has 1 aromatic carbocycles. The Morgan fingerprint density at radius 2 is 2.00 bits per heavy atom. The van der Waals surface area contributed by atoms with Crippen molar-refractivity contribution in [2.24, 2.45) is 0 Å². The predicted molar refractivity (Wildman–Crippen MR) is 98.5 cm³/mol. The largest absolute Gasteiger partial charge is 0.367 e. The predicted octanol–water partition coefficient (Wildman–Crippen LogP) is 1.65. The van der Waals surface area contributed by atoms with Crippen LogP contribution in [0.1, 0.15) is 29.9 Å². The summed E-state index contributed by atoms with van der Waals surface area (Å²) in [6, 6.07) is 7.54. The fourth-order valence-electron chi connectivity index (χ4n) is 4.72. The summed E-state index contributed by atoms with van der Waals surface area (Å²) >= 11 is 1.67. The molecule has 0 N–H and O–H groups in total. The first-order chi connectivity index (χ1) is 13.5. The van der Waals surface area contributed by atoms with Crippen LogP contribution in [0.15, 0.2) is 35.4 Å². The number of carbonyl (C=O) groups is 1. The third-order valence-electron chi connectivity index (χ3n) is 5.86. The number of nitrogens with zero attached hydrogens (tertiary/aromatic N) is 4. The minimum Gasteiger partial charge on any atom is -0.367 e. The SMILES string of the molecule is CC1(C)O[C@@H]2[C@H](O1)[C@H]1Sc3ccccc3C(=O)N1[C@H]1Cn3nncc3CO[C@@H]21. The van der Waals surface area contributed by atoms with Gasteiger partial charge in [-0.3, -0.25) is 4.79 Å². The monoisotopic (exact) mass is 400 g/mol. The second-order valence-corrected chi connectivity index (χ2v) is 9.19. The first kappa shape index (κ1) is 17.0. The van der Waals surface area contributed by atoms with Crippen LogP contribution in [0.3, 0.4) is 0 Å². The number of carbonyl (C=O) groups excluding carboxylic acids is 1. The molecule has 5 atom stereocenters. The molecule has 0 bridgehead atoms. The van der Waals surface area contributed by atoms with Gasteiger partial charge in [0, 0.05) is 4.90 Å². The highest BCUT2D eigenvalue weighted by atomic mass is 32.2. The van der Waals surface area contributed by atoms with Crippen LogP contribution in [0.5, 0.6) is 0 Å². The van der Waals surface area contributed by atoms with Crippen molar-refractivity contribution in [2.45, 2.75) is 67.4 Å². The summed E-state index contributed by atoms with van der Waals surface area (Å²) in [5.74, 6) is -0.713. The van der Waals surface area contributed by atoms with E-state index in [1.165, 1.54) is 0 Å². The zero-order chi connectivity index (χ0) is 19.0. The van der Waals surface area contributed by atoms with E-state index in [-0.39, 0.29) is 35.6 Å². The van der Waals surface area contributed by atoms with Crippen LogP contribution in [0.25, 0.3) is 0 Å². The van der Waals surface area contributed by atoms with E-state index in [2.05, 4.69) is 10.3 Å². The van der Waals surface area contributed by atoms with Crippen molar-refractivity contribution in [1.82, 2.24) is 19.9 Å². The maximum Gasteiger partial charge on any atom is 0.256 e. The van der Waals surface area contributed by atoms with Crippen LogP contribution in [0.2, 0.25) is 0 Å². The molecular weight excluding hydrogens is 380 g/mol. The zero-order valence-corrected chi connectivity index (χ0v) is 16.3. The van der Waals surface area contributed by atoms with E-state index in [0.29, 0.717) is 13.2 Å². The summed E-state index contributed by atoms with van der Waals surface area (Å²) in [5, 5.41) is 8.02. The van der Waals surface area contributed by atoms with Gasteiger partial charge in [0.15, 0.2) is 5.79 Å². The number of piperidine rings is 1. The standard InChI is InChI=1S/C19H20N4O4S/c1-19(2)26-15-14-12(8-22-10(9-25-14)7-20-21-22)23-17(24)11-5-3-4-6-13(11)28-18(23)16(15)27-19/h3-7,12,14-16,18H,8-9H2,1-2H3/t12-,14+,15-,16-,18+/m0/s1. The van der Waals surface area contributed by atoms with Gasteiger partial charge in [-0.05, 0) is 26.0 Å². The number of amides is 1. The summed E-state index contributed by atoms with van der Waals surface area (Å²) in [6.45, 7) is 4.74. The van der Waals surface area contributed by atoms with Gasteiger partial charge in [0.2, 0.25) is 0 Å². The highest BCUT2D eigenvalue weighted by molar-refractivity contribution is 8.00. The lowest BCUT2D eigenvalue weighted by molar-refractivity contribution is -0.162. The highest BCUT2D eigenvalue weighted by Gasteiger charge is 2.61. The van der Waals surface area contributed by atoms with Gasteiger partial charge in [-0.2, -0.15) is 0 Å². The molecule has 0 spiro atoms. The van der Waals surface area contributed by atoms with Crippen molar-refractivity contribution in [3.63, 3.8) is 0 Å². The Morgan fingerprint density at radius 1 is 1.18 bits per heavy atom. The van der Waals surface area contributed by atoms with Crippen molar-refractivity contribution in [1.29, 1.82) is 0 Å². The molecule has 2 fully saturated rings. The van der Waals surface area contributed by atoms with Gasteiger partial charge in [-0.1, -0.05) is 29.1 Å². The van der Waals surface area contributed by atoms with Crippen LogP contribution in [-0.4, -0.2) is 61.3 Å². The van der Waals surface area contributed by atoms with E-state index in [9.17, 15) is 4.79 Å². The van der Waals surface area contributed by atoms with E-state index in [1.54, 1.807) is 18.0 Å². The molecule has 5 heterocycles. The molecule has 4 aliphatic rings. The lowest BCUT2D eigenvalue weighted by Gasteiger charge is -2.50. The second kappa shape index (κ2) is 5.79. The van der Waals surface area contributed by atoms with E-state index in [1.807, 2.05) is 47.7 Å². The van der Waals surface area contributed by atoms with Crippen molar-refractivity contribution in [3.05, 3.63) is 41.7 Å². The molecule has 28 heavy (non-hydrogen) atoms. The summed E-state index contributed by atoms with van der Waals surface area (Å²) in [6.07, 6.45) is 0.913. The average Bonchev–Trinajstić information content (AvgIpc) is 3.19. The Bertz CT molecular complexity index is 963. The Kier molecular flexibility index (Phi) is 3.51. The Balaban J connectivity index is 1.48. The van der Waals surface area contributed by atoms with Crippen molar-refractivity contribution >= 4 is 17.7 Å². The molecular formula is C19H20N4O4S. The fourth-order valence-corrected chi connectivity index (χ4v) is 6.13. The first-order valence-electron chi connectivity index (χ1n) is 9.45. The minimum atomic E-state index is -0.721. The van der Waals surface area contributed by atoms with Crippen molar-refractivity contribution < 1.29 is 19.0 Å². The van der Waals surface area contributed by atoms with Crippen molar-refractivity contribution in [2.75, 3.05) is 0 Å². The first-order valence-corrected chi connectivity index (χ1v) is 10.3. The second-order valence-electron chi connectivity index (χ2n) is 8.03. The molecule has 0 radical (unpaired) electrons. The molecule has 4 aliphatic heterocycles. The third-order valence-corrected chi connectivity index (χ3v) is 7.21. The van der Waals surface area contributed by atoms with Crippen LogP contribution >= 0.6 is 11.8 Å². The molecule has 0 saturated carbocycles. The van der Waals surface area contributed by atoms with Gasteiger partial charge >= 0.3 is 0 Å². The Labute approximate surface area is 166 Å². The number of thioether (sulfide) groups is 1. The lowest BCUT2D eigenvalue weighted by Crippen LogP contribution is -2.67. The maximum absolute atomic E-state index is 13.5. The molecule has 0 unspecified atom stereocenters. The number of hydrogen-bond acceptors (Lipinski definition) is 7. The van der Waals surface area contributed by atoms with E-state index in [0.717, 1.165) is 16.2 Å². The van der Waals surface area contributed by atoms with Gasteiger partial charge in [0.1, 0.15) is 23.7 Å². The summed E-state index contributed by atoms with van der Waals surface area (Å²) in [7, 11) is 0. The summed E-state index contributed by atoms with van der Waals surface area (Å²) in [5.41, 5.74) is 1.63. The molecule has 8 nitrogen and oxygen atoms in total. The van der Waals surface area contributed by atoms with Crippen LogP contribution in [0.4, 0.5) is 0 Å². The molecule has 1 aromatic heterocycles. The maximum atomic E-state index is 13.5. The molecule has 2 aromatic rings. The molecule has 2 saturated heterocycles. The molecule has 0 aliphatic carbocycles. The normalized spacial score (nSPS) is 35.3. The minimum absolute atomic E-state index is 0.00766. The summed E-state index contributed by atoms with van der Waals surface area (Å²) in [4.78, 5) is 16.4. The topological polar surface area (TPSA) is 78.7 Å². The fraction of sp³-hybridized carbons (Fsp3) is 0.526. The van der Waals surface area contributed by atoms with Gasteiger partial charge in [-0.25, -0.2) is 4.68 Å². The van der Waals surface area contributed by atoms with Crippen LogP contribution in [-0.2, 0) is 27.4 Å². The number of benzene rings is 1. The van der Waals surface area contributed by atoms with Crippen molar-refractivity contribution in [3.8, 4) is 0 Å². The molecule has 9 heteroatoms. The van der Waals surface area contributed by atoms with Gasteiger partial charge < -0.3 is 19.1 Å². The summed E-state index contributed by atoms with van der Waals surface area (Å²) < 4.78 is 20.7. The molecule has 146 valence electrons. The Hall–Kier alpha value is -1.94. The van der Waals surface area contributed by atoms with Crippen LogP contribution < -0.4 is 0 Å². The molecule has 6 rings (SSSR count). The number of fused-ring (bicyclic) bond motifs is 8. The average molecular weight is 400 g/mol. The molecule has 1 amide bonds. The number of ether oxygens (including phenoxy) is 3. The quantitative estimate of drug-likeness (QED) is 0.665. The smallest absolute Gasteiger partial charge is 0.256 e. The van der Waals surface area contributed by atoms with Gasteiger partial charge in [0.25, 0.3) is 5.91 Å². The lowest BCUT2D eigenvalue weighted by atomic mass is 9.92. The Morgan fingerprint density at radius 3 is 2.89 bits per heavy atom. The van der Waals surface area contributed by atoms with E-state index in [4.69, 9.17) is 14.2 Å². The number of rotatable bonds is 0. The number of hydrogen-bond donors (Lipinski definition) is 0. The highest BCUT2D eigenvalue weighted by Crippen LogP contribution is 2.49. The van der Waals surface area contributed by atoms with E-state index >= 15 is 0 Å². The van der Waals surface area contributed by atoms with E-state index < -0.39 is 5.79 Å². The van der Waals surface area contributed by atoms with Gasteiger partial charge in [0.05, 0.1) is 36.6 Å². The van der Waals surface area contributed by atoms with Crippen LogP contribution in [0, 0.1) is 0 Å². The third kappa shape index (κ3) is 2.33. The van der Waals surface area contributed by atoms with Gasteiger partial charge in [-0.15, -0.1) is 5.10 Å². The number of aromatic nitrogens is 3. The zero-order valence-electron chi connectivity index (χ0n) is 15.5.